The van der Waals surface area contributed by atoms with Crippen LogP contribution in [0.1, 0.15) is 16.2 Å². The molecular formula is C17H13N5O2. The first kappa shape index (κ1) is 14.1. The number of aryl methyl sites for hydroxylation is 1. The zero-order valence-corrected chi connectivity index (χ0v) is 12.8. The monoisotopic (exact) mass is 319 g/mol. The summed E-state index contributed by atoms with van der Waals surface area (Å²) in [6.45, 7) is 1.75. The van der Waals surface area contributed by atoms with Gasteiger partial charge in [-0.3, -0.25) is 9.20 Å². The number of nitrogens with zero attached hydrogens (tertiary/aromatic N) is 4. The summed E-state index contributed by atoms with van der Waals surface area (Å²) >= 11 is 0. The van der Waals surface area contributed by atoms with Gasteiger partial charge in [0.05, 0.1) is 11.2 Å². The number of amides is 1. The van der Waals surface area contributed by atoms with Gasteiger partial charge in [0, 0.05) is 11.6 Å². The van der Waals surface area contributed by atoms with E-state index in [9.17, 15) is 9.90 Å². The number of aromatic hydroxyl groups is 1. The molecule has 7 heteroatoms. The molecule has 4 rings (SSSR count). The number of imidazole rings is 1. The van der Waals surface area contributed by atoms with E-state index in [4.69, 9.17) is 0 Å². The summed E-state index contributed by atoms with van der Waals surface area (Å²) < 4.78 is 1.67. The number of rotatable bonds is 2. The fourth-order valence-corrected chi connectivity index (χ4v) is 2.73. The molecule has 0 saturated carbocycles. The molecule has 2 N–H and O–H groups in total. The van der Waals surface area contributed by atoms with Gasteiger partial charge in [-0.05, 0) is 25.1 Å². The van der Waals surface area contributed by atoms with E-state index in [0.29, 0.717) is 22.4 Å². The Morgan fingerprint density at radius 3 is 2.88 bits per heavy atom. The van der Waals surface area contributed by atoms with Crippen molar-refractivity contribution < 1.29 is 9.90 Å². The van der Waals surface area contributed by atoms with Crippen molar-refractivity contribution >= 4 is 28.1 Å². The molecule has 4 aromatic rings. The number of H-pyrrole nitrogens is 1. The SMILES string of the molecule is Cc1nc2ccccn2c1C(=O)N=Nc1c(O)[nH]c2ccccc12. The normalized spacial score (nSPS) is 11.7. The molecule has 0 unspecified atom stereocenters. The van der Waals surface area contributed by atoms with Crippen LogP contribution in [0.15, 0.2) is 58.9 Å². The van der Waals surface area contributed by atoms with E-state index in [0.717, 1.165) is 5.52 Å². The van der Waals surface area contributed by atoms with Gasteiger partial charge in [0.1, 0.15) is 11.3 Å². The van der Waals surface area contributed by atoms with Gasteiger partial charge >= 0.3 is 5.91 Å². The Hall–Kier alpha value is -3.48. The van der Waals surface area contributed by atoms with E-state index < -0.39 is 5.91 Å². The van der Waals surface area contributed by atoms with E-state index in [2.05, 4.69) is 20.2 Å². The third-order valence-corrected chi connectivity index (χ3v) is 3.81. The average Bonchev–Trinajstić information content (AvgIpc) is 3.08. The van der Waals surface area contributed by atoms with Crippen LogP contribution in [-0.2, 0) is 0 Å². The number of carbonyl (C=O) groups is 1. The molecule has 0 radical (unpaired) electrons. The largest absolute Gasteiger partial charge is 0.493 e. The van der Waals surface area contributed by atoms with Gasteiger partial charge in [-0.25, -0.2) is 4.98 Å². The molecule has 0 fully saturated rings. The number of benzene rings is 1. The lowest BCUT2D eigenvalue weighted by atomic mass is 10.2. The van der Waals surface area contributed by atoms with Gasteiger partial charge in [-0.1, -0.05) is 24.3 Å². The van der Waals surface area contributed by atoms with Gasteiger partial charge in [-0.15, -0.1) is 10.2 Å². The molecule has 1 amide bonds. The number of hydrogen-bond acceptors (Lipinski definition) is 4. The highest BCUT2D eigenvalue weighted by molar-refractivity contribution is 5.97. The fourth-order valence-electron chi connectivity index (χ4n) is 2.73. The van der Waals surface area contributed by atoms with Crippen molar-refractivity contribution in [3.8, 4) is 5.88 Å². The number of azo groups is 1. The Kier molecular flexibility index (Phi) is 3.13. The molecule has 0 bridgehead atoms. The van der Waals surface area contributed by atoms with Crippen LogP contribution in [0.25, 0.3) is 16.6 Å². The zero-order valence-electron chi connectivity index (χ0n) is 12.8. The van der Waals surface area contributed by atoms with Gasteiger partial charge in [0.15, 0.2) is 5.69 Å². The minimum absolute atomic E-state index is 0.123. The predicted octanol–water partition coefficient (Wildman–Crippen LogP) is 3.75. The molecule has 0 saturated heterocycles. The van der Waals surface area contributed by atoms with E-state index >= 15 is 0 Å². The van der Waals surface area contributed by atoms with Gasteiger partial charge in [0.25, 0.3) is 0 Å². The van der Waals surface area contributed by atoms with Gasteiger partial charge < -0.3 is 10.1 Å². The lowest BCUT2D eigenvalue weighted by molar-refractivity contribution is 0.0989. The summed E-state index contributed by atoms with van der Waals surface area (Å²) in [4.78, 5) is 19.6. The fraction of sp³-hybridized carbons (Fsp3) is 0.0588. The third-order valence-electron chi connectivity index (χ3n) is 3.81. The molecule has 0 spiro atoms. The molecule has 0 aliphatic rings. The summed E-state index contributed by atoms with van der Waals surface area (Å²) in [5.41, 5.74) is 2.57. The summed E-state index contributed by atoms with van der Waals surface area (Å²) in [6.07, 6.45) is 1.75. The van der Waals surface area contributed by atoms with E-state index in [1.165, 1.54) is 0 Å². The number of carbonyl (C=O) groups excluding carboxylic acids is 1. The number of pyridine rings is 1. The molecule has 7 nitrogen and oxygen atoms in total. The number of fused-ring (bicyclic) bond motifs is 2. The highest BCUT2D eigenvalue weighted by Gasteiger charge is 2.17. The van der Waals surface area contributed by atoms with Gasteiger partial charge in [-0.2, -0.15) is 0 Å². The van der Waals surface area contributed by atoms with Crippen LogP contribution < -0.4 is 0 Å². The number of para-hydroxylation sites is 1. The smallest absolute Gasteiger partial charge is 0.314 e. The first-order chi connectivity index (χ1) is 11.6. The van der Waals surface area contributed by atoms with Gasteiger partial charge in [0.2, 0.25) is 5.88 Å². The summed E-state index contributed by atoms with van der Waals surface area (Å²) in [7, 11) is 0. The van der Waals surface area contributed by atoms with Crippen LogP contribution in [0.2, 0.25) is 0 Å². The van der Waals surface area contributed by atoms with Crippen LogP contribution in [-0.4, -0.2) is 25.4 Å². The van der Waals surface area contributed by atoms with Crippen molar-refractivity contribution in [1.29, 1.82) is 0 Å². The second-order valence-corrected chi connectivity index (χ2v) is 5.35. The minimum Gasteiger partial charge on any atom is -0.493 e. The molecule has 1 aromatic carbocycles. The van der Waals surface area contributed by atoms with Crippen LogP contribution in [0.3, 0.4) is 0 Å². The van der Waals surface area contributed by atoms with Crippen LogP contribution >= 0.6 is 0 Å². The number of hydrogen-bond donors (Lipinski definition) is 2. The Bertz CT molecular complexity index is 1110. The van der Waals surface area contributed by atoms with Crippen LogP contribution in [0, 0.1) is 6.92 Å². The van der Waals surface area contributed by atoms with Crippen LogP contribution in [0.5, 0.6) is 5.88 Å². The zero-order chi connectivity index (χ0) is 16.7. The Morgan fingerprint density at radius 2 is 2.00 bits per heavy atom. The van der Waals surface area contributed by atoms with Crippen LogP contribution in [0.4, 0.5) is 5.69 Å². The maximum absolute atomic E-state index is 12.5. The number of aromatic amines is 1. The molecule has 0 aliphatic heterocycles. The predicted molar refractivity (Wildman–Crippen MR) is 88.7 cm³/mol. The lowest BCUT2D eigenvalue weighted by Crippen LogP contribution is -2.01. The molecule has 0 aliphatic carbocycles. The molecular weight excluding hydrogens is 306 g/mol. The van der Waals surface area contributed by atoms with E-state index in [-0.39, 0.29) is 11.6 Å². The summed E-state index contributed by atoms with van der Waals surface area (Å²) in [5.74, 6) is -0.640. The number of aromatic nitrogens is 3. The molecule has 3 aromatic heterocycles. The molecule has 118 valence electrons. The maximum atomic E-state index is 12.5. The third kappa shape index (κ3) is 2.14. The first-order valence-corrected chi connectivity index (χ1v) is 7.34. The molecule has 24 heavy (non-hydrogen) atoms. The topological polar surface area (TPSA) is 95.1 Å². The van der Waals surface area contributed by atoms with Crippen molar-refractivity contribution in [1.82, 2.24) is 14.4 Å². The Balaban J connectivity index is 1.76. The Morgan fingerprint density at radius 1 is 1.21 bits per heavy atom. The highest BCUT2D eigenvalue weighted by atomic mass is 16.3. The second-order valence-electron chi connectivity index (χ2n) is 5.35. The summed E-state index contributed by atoms with van der Waals surface area (Å²) in [6, 6.07) is 12.7. The highest BCUT2D eigenvalue weighted by Crippen LogP contribution is 2.35. The van der Waals surface area contributed by atoms with Crippen molar-refractivity contribution in [3.05, 3.63) is 60.0 Å². The summed E-state index contributed by atoms with van der Waals surface area (Å²) in [5, 5.41) is 18.4. The van der Waals surface area contributed by atoms with Crippen molar-refractivity contribution in [2.24, 2.45) is 10.2 Å². The quantitative estimate of drug-likeness (QED) is 0.551. The maximum Gasteiger partial charge on any atom is 0.314 e. The van der Waals surface area contributed by atoms with Crippen molar-refractivity contribution in [2.75, 3.05) is 0 Å². The van der Waals surface area contributed by atoms with E-state index in [1.807, 2.05) is 36.4 Å². The van der Waals surface area contributed by atoms with E-state index in [1.54, 1.807) is 23.6 Å². The minimum atomic E-state index is -0.518. The number of nitrogens with one attached hydrogen (secondary N) is 1. The lowest BCUT2D eigenvalue weighted by Gasteiger charge is -1.97. The van der Waals surface area contributed by atoms with Crippen molar-refractivity contribution in [3.63, 3.8) is 0 Å². The molecule has 0 atom stereocenters. The van der Waals surface area contributed by atoms with Crippen molar-refractivity contribution in [2.45, 2.75) is 6.92 Å². The molecule has 3 heterocycles. The Labute approximate surface area is 136 Å². The second kappa shape index (κ2) is 5.31. The average molecular weight is 319 g/mol. The standard InChI is InChI=1S/C17H13N5O2/c1-10-15(22-9-5-4-8-13(22)18-10)17(24)21-20-14-11-6-2-3-7-12(11)19-16(14)23/h2-9,19,23H,1H3. The first-order valence-electron chi connectivity index (χ1n) is 7.34.